The van der Waals surface area contributed by atoms with E-state index >= 15 is 0 Å². The van der Waals surface area contributed by atoms with Crippen LogP contribution in [0, 0.1) is 0 Å². The molecule has 6 heteroatoms. The number of rotatable bonds is 11. The second kappa shape index (κ2) is 11.7. The molecule has 1 aliphatic carbocycles. The summed E-state index contributed by atoms with van der Waals surface area (Å²) < 4.78 is 0. The highest BCUT2D eigenvalue weighted by molar-refractivity contribution is 7.98. The molecule has 0 aromatic heterocycles. The van der Waals surface area contributed by atoms with Crippen molar-refractivity contribution in [3.8, 4) is 0 Å². The summed E-state index contributed by atoms with van der Waals surface area (Å²) >= 11 is 1.89. The van der Waals surface area contributed by atoms with Crippen molar-refractivity contribution in [3.63, 3.8) is 0 Å². The minimum atomic E-state index is 0.169. The van der Waals surface area contributed by atoms with Gasteiger partial charge in [-0.3, -0.25) is 9.79 Å². The van der Waals surface area contributed by atoms with Gasteiger partial charge in [0.15, 0.2) is 5.96 Å². The number of nitrogens with one attached hydrogen (secondary N) is 3. The van der Waals surface area contributed by atoms with E-state index in [1.54, 1.807) is 0 Å². The van der Waals surface area contributed by atoms with Crippen LogP contribution in [0.25, 0.3) is 0 Å². The third-order valence-corrected chi connectivity index (χ3v) is 3.88. The van der Waals surface area contributed by atoms with Gasteiger partial charge >= 0.3 is 0 Å². The fourth-order valence-corrected chi connectivity index (χ4v) is 2.37. The van der Waals surface area contributed by atoms with Gasteiger partial charge in [0.1, 0.15) is 0 Å². The first-order valence-electron chi connectivity index (χ1n) is 8.06. The van der Waals surface area contributed by atoms with Gasteiger partial charge in [-0.1, -0.05) is 0 Å². The van der Waals surface area contributed by atoms with Crippen LogP contribution in [0.1, 0.15) is 45.4 Å². The van der Waals surface area contributed by atoms with Crippen LogP contribution >= 0.6 is 11.8 Å². The molecule has 5 nitrogen and oxygen atoms in total. The second-order valence-electron chi connectivity index (χ2n) is 5.33. The van der Waals surface area contributed by atoms with Crippen molar-refractivity contribution in [1.29, 1.82) is 0 Å². The van der Waals surface area contributed by atoms with E-state index in [1.807, 2.05) is 11.8 Å². The lowest BCUT2D eigenvalue weighted by atomic mass is 10.3. The van der Waals surface area contributed by atoms with Crippen molar-refractivity contribution >= 4 is 23.6 Å². The lowest BCUT2D eigenvalue weighted by molar-refractivity contribution is -0.121. The van der Waals surface area contributed by atoms with Crippen LogP contribution in [0.3, 0.4) is 0 Å². The maximum Gasteiger partial charge on any atom is 0.220 e. The summed E-state index contributed by atoms with van der Waals surface area (Å²) in [7, 11) is 0. The van der Waals surface area contributed by atoms with Crippen molar-refractivity contribution in [3.05, 3.63) is 0 Å². The molecule has 0 radical (unpaired) electrons. The molecular weight excluding hydrogens is 284 g/mol. The summed E-state index contributed by atoms with van der Waals surface area (Å²) in [6, 6.07) is 0.460. The standard InChI is InChI=1S/C15H30N4OS/c1-3-16-15(17-10-4-5-12-21-2)18-11-6-7-14(20)19-13-8-9-13/h13H,3-12H2,1-2H3,(H,19,20)(H2,16,17,18). The molecule has 0 unspecified atom stereocenters. The molecule has 122 valence electrons. The number of carbonyl (C=O) groups is 1. The van der Waals surface area contributed by atoms with E-state index in [-0.39, 0.29) is 5.91 Å². The molecule has 0 bridgehead atoms. The highest BCUT2D eigenvalue weighted by Crippen LogP contribution is 2.18. The Morgan fingerprint density at radius 3 is 2.71 bits per heavy atom. The molecule has 0 saturated heterocycles. The summed E-state index contributed by atoms with van der Waals surface area (Å²) in [4.78, 5) is 16.1. The number of nitrogens with zero attached hydrogens (tertiary/aromatic N) is 1. The Kier molecular flexibility index (Phi) is 10.1. The molecule has 0 aromatic rings. The molecule has 0 heterocycles. The van der Waals surface area contributed by atoms with Crippen molar-refractivity contribution in [1.82, 2.24) is 16.0 Å². The maximum atomic E-state index is 11.5. The molecule has 21 heavy (non-hydrogen) atoms. The van der Waals surface area contributed by atoms with E-state index in [0.717, 1.165) is 44.7 Å². The molecule has 0 atom stereocenters. The van der Waals surface area contributed by atoms with Gasteiger partial charge in [0.05, 0.1) is 0 Å². The van der Waals surface area contributed by atoms with Gasteiger partial charge in [-0.25, -0.2) is 0 Å². The normalized spacial score (nSPS) is 14.9. The Bertz CT molecular complexity index is 319. The van der Waals surface area contributed by atoms with Crippen molar-refractivity contribution in [2.75, 3.05) is 31.6 Å². The molecule has 0 aromatic carbocycles. The molecule has 1 aliphatic rings. The molecule has 1 fully saturated rings. The quantitative estimate of drug-likeness (QED) is 0.309. The van der Waals surface area contributed by atoms with Crippen LogP contribution < -0.4 is 16.0 Å². The summed E-state index contributed by atoms with van der Waals surface area (Å²) in [6.07, 6.45) is 8.21. The van der Waals surface area contributed by atoms with Crippen LogP contribution in [0.2, 0.25) is 0 Å². The first-order valence-corrected chi connectivity index (χ1v) is 9.46. The minimum absolute atomic E-state index is 0.169. The largest absolute Gasteiger partial charge is 0.357 e. The minimum Gasteiger partial charge on any atom is -0.357 e. The molecule has 1 saturated carbocycles. The fraction of sp³-hybridized carbons (Fsp3) is 0.867. The number of hydrogen-bond acceptors (Lipinski definition) is 3. The van der Waals surface area contributed by atoms with Crippen LogP contribution in [-0.4, -0.2) is 49.6 Å². The number of carbonyl (C=O) groups excluding carboxylic acids is 1. The first-order chi connectivity index (χ1) is 10.3. The summed E-state index contributed by atoms with van der Waals surface area (Å²) in [5, 5.41) is 9.58. The average Bonchev–Trinajstić information content (AvgIpc) is 3.27. The van der Waals surface area contributed by atoms with Crippen molar-refractivity contribution in [2.45, 2.75) is 51.5 Å². The predicted octanol–water partition coefficient (Wildman–Crippen LogP) is 1.74. The molecule has 3 N–H and O–H groups in total. The van der Waals surface area contributed by atoms with Crippen molar-refractivity contribution < 1.29 is 4.79 Å². The molecule has 1 amide bonds. The van der Waals surface area contributed by atoms with E-state index in [2.05, 4.69) is 34.1 Å². The molecule has 0 aliphatic heterocycles. The summed E-state index contributed by atoms with van der Waals surface area (Å²) in [5.41, 5.74) is 0. The number of thioether (sulfide) groups is 1. The third kappa shape index (κ3) is 10.5. The van der Waals surface area contributed by atoms with Gasteiger partial charge in [-0.05, 0) is 51.0 Å². The van der Waals surface area contributed by atoms with Gasteiger partial charge < -0.3 is 16.0 Å². The van der Waals surface area contributed by atoms with Gasteiger partial charge in [0.2, 0.25) is 5.91 Å². The van der Waals surface area contributed by atoms with Crippen LogP contribution in [-0.2, 0) is 4.79 Å². The van der Waals surface area contributed by atoms with Crippen LogP contribution in [0.15, 0.2) is 4.99 Å². The molecule has 0 spiro atoms. The summed E-state index contributed by atoms with van der Waals surface area (Å²) in [6.45, 7) is 4.57. The van der Waals surface area contributed by atoms with Gasteiger partial charge in [0.25, 0.3) is 0 Å². The number of amides is 1. The van der Waals surface area contributed by atoms with E-state index in [0.29, 0.717) is 19.0 Å². The van der Waals surface area contributed by atoms with Gasteiger partial charge in [-0.2, -0.15) is 11.8 Å². The van der Waals surface area contributed by atoms with Gasteiger partial charge in [-0.15, -0.1) is 0 Å². The Labute approximate surface area is 133 Å². The number of hydrogen-bond donors (Lipinski definition) is 3. The highest BCUT2D eigenvalue weighted by atomic mass is 32.2. The van der Waals surface area contributed by atoms with Crippen molar-refractivity contribution in [2.24, 2.45) is 4.99 Å². The number of unbranched alkanes of at least 4 members (excludes halogenated alkanes) is 1. The van der Waals surface area contributed by atoms with Crippen LogP contribution in [0.4, 0.5) is 0 Å². The Morgan fingerprint density at radius 2 is 2.05 bits per heavy atom. The van der Waals surface area contributed by atoms with E-state index in [4.69, 9.17) is 0 Å². The average molecular weight is 314 g/mol. The highest BCUT2D eigenvalue weighted by Gasteiger charge is 2.22. The lowest BCUT2D eigenvalue weighted by Crippen LogP contribution is -2.38. The Morgan fingerprint density at radius 1 is 1.24 bits per heavy atom. The SMILES string of the molecule is CCNC(=NCCCC(=O)NC1CC1)NCCCCSC. The summed E-state index contributed by atoms with van der Waals surface area (Å²) in [5.74, 6) is 2.25. The monoisotopic (exact) mass is 314 g/mol. The lowest BCUT2D eigenvalue weighted by Gasteiger charge is -2.11. The Hall–Kier alpha value is -0.910. The smallest absolute Gasteiger partial charge is 0.220 e. The van der Waals surface area contributed by atoms with Crippen LogP contribution in [0.5, 0.6) is 0 Å². The predicted molar refractivity (Wildman–Crippen MR) is 92.0 cm³/mol. The topological polar surface area (TPSA) is 65.5 Å². The first kappa shape index (κ1) is 18.1. The Balaban J connectivity index is 2.09. The van der Waals surface area contributed by atoms with E-state index < -0.39 is 0 Å². The van der Waals surface area contributed by atoms with Gasteiger partial charge in [0, 0.05) is 32.1 Å². The fourth-order valence-electron chi connectivity index (χ4n) is 1.88. The zero-order valence-corrected chi connectivity index (χ0v) is 14.2. The van der Waals surface area contributed by atoms with E-state index in [1.165, 1.54) is 12.2 Å². The maximum absolute atomic E-state index is 11.5. The molecule has 1 rings (SSSR count). The zero-order chi connectivity index (χ0) is 15.3. The third-order valence-electron chi connectivity index (χ3n) is 3.19. The zero-order valence-electron chi connectivity index (χ0n) is 13.4. The second-order valence-corrected chi connectivity index (χ2v) is 6.32. The molecular formula is C15H30N4OS. The van der Waals surface area contributed by atoms with E-state index in [9.17, 15) is 4.79 Å². The number of guanidine groups is 1. The number of aliphatic imine (C=N–C) groups is 1.